The summed E-state index contributed by atoms with van der Waals surface area (Å²) in [6.07, 6.45) is 0.529. The van der Waals surface area contributed by atoms with Gasteiger partial charge in [0.05, 0.1) is 23.3 Å². The third-order valence-corrected chi connectivity index (χ3v) is 4.70. The van der Waals surface area contributed by atoms with Crippen molar-refractivity contribution < 1.29 is 19.2 Å². The lowest BCUT2D eigenvalue weighted by Crippen LogP contribution is -2.42. The van der Waals surface area contributed by atoms with Gasteiger partial charge in [0.15, 0.2) is 0 Å². The highest BCUT2D eigenvalue weighted by molar-refractivity contribution is 6.31. The number of nitro benzene ring substituents is 1. The number of hydrogen-bond acceptors (Lipinski definition) is 6. The van der Waals surface area contributed by atoms with E-state index in [4.69, 9.17) is 16.0 Å². The number of nitrogens with one attached hydrogen (secondary N) is 1. The molecule has 0 saturated heterocycles. The summed E-state index contributed by atoms with van der Waals surface area (Å²) >= 11 is 6.02. The fourth-order valence-corrected chi connectivity index (χ4v) is 3.43. The SMILES string of the molecule is O=C1c2ccccc2N[C@@H](c2cc(Cl)cc([N+](=O)[O-])c2[O-])N1Cc1ccco1. The minimum absolute atomic E-state index is 0.00797. The molecule has 0 radical (unpaired) electrons. The molecule has 1 aliphatic rings. The van der Waals surface area contributed by atoms with E-state index in [9.17, 15) is 20.0 Å². The smallest absolute Gasteiger partial charge is 0.263 e. The zero-order chi connectivity index (χ0) is 19.8. The molecule has 9 heteroatoms. The number of anilines is 1. The number of furan rings is 1. The fourth-order valence-electron chi connectivity index (χ4n) is 3.21. The van der Waals surface area contributed by atoms with Gasteiger partial charge < -0.3 is 19.7 Å². The van der Waals surface area contributed by atoms with Crippen LogP contribution < -0.4 is 10.4 Å². The number of carbonyl (C=O) groups excluding carboxylic acids is 1. The topological polar surface area (TPSA) is 112 Å². The first kappa shape index (κ1) is 17.9. The van der Waals surface area contributed by atoms with Gasteiger partial charge in [0, 0.05) is 16.8 Å². The zero-order valence-electron chi connectivity index (χ0n) is 14.3. The largest absolute Gasteiger partial charge is 0.868 e. The quantitative estimate of drug-likeness (QED) is 0.530. The van der Waals surface area contributed by atoms with Crippen LogP contribution in [0.25, 0.3) is 0 Å². The minimum Gasteiger partial charge on any atom is -0.868 e. The Bertz CT molecular complexity index is 1070. The highest BCUT2D eigenvalue weighted by Gasteiger charge is 2.34. The van der Waals surface area contributed by atoms with Crippen LogP contribution >= 0.6 is 11.6 Å². The van der Waals surface area contributed by atoms with E-state index in [1.165, 1.54) is 17.2 Å². The Balaban J connectivity index is 1.86. The van der Waals surface area contributed by atoms with Crippen LogP contribution in [0.5, 0.6) is 5.75 Å². The van der Waals surface area contributed by atoms with Crippen molar-refractivity contribution in [2.24, 2.45) is 0 Å². The van der Waals surface area contributed by atoms with Gasteiger partial charge in [0.25, 0.3) is 11.6 Å². The Morgan fingerprint density at radius 1 is 1.21 bits per heavy atom. The molecule has 1 N–H and O–H groups in total. The molecule has 0 bridgehead atoms. The Morgan fingerprint density at radius 2 is 2.00 bits per heavy atom. The molecule has 1 amide bonds. The summed E-state index contributed by atoms with van der Waals surface area (Å²) in [4.78, 5) is 25.0. The van der Waals surface area contributed by atoms with Crippen LogP contribution in [0, 0.1) is 10.1 Å². The molecule has 3 aromatic rings. The first-order valence-electron chi connectivity index (χ1n) is 8.29. The van der Waals surface area contributed by atoms with Crippen LogP contribution in [0.2, 0.25) is 5.02 Å². The van der Waals surface area contributed by atoms with Crippen LogP contribution in [0.4, 0.5) is 11.4 Å². The fraction of sp³-hybridized carbons (Fsp3) is 0.105. The summed E-state index contributed by atoms with van der Waals surface area (Å²) in [5.41, 5.74) is 0.312. The summed E-state index contributed by atoms with van der Waals surface area (Å²) in [5.74, 6) is -0.634. The number of rotatable bonds is 4. The Morgan fingerprint density at radius 3 is 2.71 bits per heavy atom. The number of hydrogen-bond donors (Lipinski definition) is 1. The maximum absolute atomic E-state index is 13.1. The van der Waals surface area contributed by atoms with E-state index in [0.29, 0.717) is 17.0 Å². The number of halogens is 1. The molecular weight excluding hydrogens is 386 g/mol. The average molecular weight is 399 g/mol. The molecule has 28 heavy (non-hydrogen) atoms. The maximum atomic E-state index is 13.1. The number of nitro groups is 1. The van der Waals surface area contributed by atoms with E-state index < -0.39 is 22.5 Å². The molecule has 0 saturated carbocycles. The van der Waals surface area contributed by atoms with Crippen LogP contribution in [0.3, 0.4) is 0 Å². The monoisotopic (exact) mass is 398 g/mol. The third-order valence-electron chi connectivity index (χ3n) is 4.48. The first-order valence-corrected chi connectivity index (χ1v) is 8.67. The molecular formula is C19H13ClN3O5-. The van der Waals surface area contributed by atoms with Crippen LogP contribution in [0.1, 0.15) is 27.8 Å². The van der Waals surface area contributed by atoms with Gasteiger partial charge in [-0.25, -0.2) is 0 Å². The second kappa shape index (κ2) is 6.90. The van der Waals surface area contributed by atoms with Gasteiger partial charge in [-0.05, 0) is 41.6 Å². The van der Waals surface area contributed by atoms with Gasteiger partial charge in [-0.1, -0.05) is 23.7 Å². The molecule has 0 fully saturated rings. The predicted molar refractivity (Wildman–Crippen MR) is 98.9 cm³/mol. The number of benzene rings is 2. The molecule has 0 unspecified atom stereocenters. The van der Waals surface area contributed by atoms with Gasteiger partial charge in [-0.3, -0.25) is 14.9 Å². The predicted octanol–water partition coefficient (Wildman–Crippen LogP) is 3.68. The number of para-hydroxylation sites is 1. The van der Waals surface area contributed by atoms with Crippen molar-refractivity contribution in [2.75, 3.05) is 5.32 Å². The van der Waals surface area contributed by atoms with Crippen molar-refractivity contribution in [1.29, 1.82) is 0 Å². The van der Waals surface area contributed by atoms with Gasteiger partial charge in [0.1, 0.15) is 11.9 Å². The Hall–Kier alpha value is -3.52. The standard InChI is InChI=1S/C19H14ClN3O5/c20-11-8-14(17(24)16(9-11)23(26)27)18-21-15-6-2-1-5-13(15)19(25)22(18)10-12-4-3-7-28-12/h1-9,18,21,24H,10H2/p-1/t18-/m1/s1. The molecule has 142 valence electrons. The van der Waals surface area contributed by atoms with Gasteiger partial charge in [-0.15, -0.1) is 0 Å². The van der Waals surface area contributed by atoms with Crippen LogP contribution in [-0.2, 0) is 6.54 Å². The van der Waals surface area contributed by atoms with Gasteiger partial charge >= 0.3 is 0 Å². The average Bonchev–Trinajstić information content (AvgIpc) is 3.18. The lowest BCUT2D eigenvalue weighted by Gasteiger charge is -2.39. The summed E-state index contributed by atoms with van der Waals surface area (Å²) < 4.78 is 5.34. The minimum atomic E-state index is -0.947. The van der Waals surface area contributed by atoms with E-state index in [2.05, 4.69) is 5.32 Å². The molecule has 1 atom stereocenters. The summed E-state index contributed by atoms with van der Waals surface area (Å²) in [5, 5.41) is 27.1. The normalized spacial score (nSPS) is 15.8. The molecule has 0 aliphatic carbocycles. The Kier molecular flexibility index (Phi) is 4.40. The third kappa shape index (κ3) is 3.03. The highest BCUT2D eigenvalue weighted by atomic mass is 35.5. The molecule has 1 aliphatic heterocycles. The molecule has 2 aromatic carbocycles. The summed E-state index contributed by atoms with van der Waals surface area (Å²) in [6, 6.07) is 12.6. The summed E-state index contributed by atoms with van der Waals surface area (Å²) in [7, 11) is 0. The van der Waals surface area contributed by atoms with Crippen molar-refractivity contribution in [3.05, 3.63) is 86.8 Å². The van der Waals surface area contributed by atoms with Crippen molar-refractivity contribution >= 4 is 28.9 Å². The molecule has 1 aromatic heterocycles. The van der Waals surface area contributed by atoms with Crippen LogP contribution in [0.15, 0.2) is 59.2 Å². The van der Waals surface area contributed by atoms with Crippen molar-refractivity contribution in [1.82, 2.24) is 4.90 Å². The van der Waals surface area contributed by atoms with E-state index in [0.717, 1.165) is 6.07 Å². The first-order chi connectivity index (χ1) is 13.5. The van der Waals surface area contributed by atoms with Crippen molar-refractivity contribution in [3.63, 3.8) is 0 Å². The zero-order valence-corrected chi connectivity index (χ0v) is 15.1. The molecule has 8 nitrogen and oxygen atoms in total. The van der Waals surface area contributed by atoms with Crippen molar-refractivity contribution in [2.45, 2.75) is 12.7 Å². The molecule has 4 rings (SSSR count). The number of nitrogens with zero attached hydrogens (tertiary/aromatic N) is 2. The van der Waals surface area contributed by atoms with E-state index in [1.807, 2.05) is 0 Å². The second-order valence-corrected chi connectivity index (χ2v) is 6.64. The van der Waals surface area contributed by atoms with Crippen LogP contribution in [-0.4, -0.2) is 15.7 Å². The number of fused-ring (bicyclic) bond motifs is 1. The summed E-state index contributed by atoms with van der Waals surface area (Å²) in [6.45, 7) is 0.0670. The second-order valence-electron chi connectivity index (χ2n) is 6.21. The van der Waals surface area contributed by atoms with Gasteiger partial charge in [-0.2, -0.15) is 0 Å². The number of amides is 1. The molecule has 2 heterocycles. The van der Waals surface area contributed by atoms with E-state index in [-0.39, 0.29) is 23.0 Å². The molecule has 0 spiro atoms. The van der Waals surface area contributed by atoms with Crippen molar-refractivity contribution in [3.8, 4) is 5.75 Å². The van der Waals surface area contributed by atoms with E-state index >= 15 is 0 Å². The van der Waals surface area contributed by atoms with E-state index in [1.54, 1.807) is 36.4 Å². The highest BCUT2D eigenvalue weighted by Crippen LogP contribution is 2.41. The lowest BCUT2D eigenvalue weighted by atomic mass is 10.0. The number of carbonyl (C=O) groups is 1. The maximum Gasteiger partial charge on any atom is 0.263 e. The van der Waals surface area contributed by atoms with Gasteiger partial charge in [0.2, 0.25) is 0 Å². The lowest BCUT2D eigenvalue weighted by molar-refractivity contribution is -0.398. The Labute approximate surface area is 164 Å².